The van der Waals surface area contributed by atoms with E-state index in [1.54, 1.807) is 0 Å². The van der Waals surface area contributed by atoms with E-state index in [1.165, 1.54) is 51.4 Å². The maximum atomic E-state index is 12.1. The molecule has 1 spiro atoms. The third-order valence-electron chi connectivity index (χ3n) is 5.99. The average molecular weight is 448 g/mol. The largest absolute Gasteiger partial charge is 0.352 e. The van der Waals surface area contributed by atoms with Gasteiger partial charge in [-0.05, 0) is 37.5 Å². The first kappa shape index (κ1) is 19.8. The van der Waals surface area contributed by atoms with E-state index in [1.807, 2.05) is 7.05 Å². The molecule has 6 heteroatoms. The van der Waals surface area contributed by atoms with Crippen molar-refractivity contribution < 1.29 is 4.79 Å². The summed E-state index contributed by atoms with van der Waals surface area (Å²) in [6.07, 6.45) is 12.8. The fourth-order valence-corrected chi connectivity index (χ4v) is 4.67. The number of hydrogen-bond acceptors (Lipinski definition) is 2. The van der Waals surface area contributed by atoms with Gasteiger partial charge < -0.3 is 15.5 Å². The van der Waals surface area contributed by atoms with Gasteiger partial charge in [-0.25, -0.2) is 0 Å². The Hall–Kier alpha value is -0.530. The number of rotatable bonds is 3. The van der Waals surface area contributed by atoms with Gasteiger partial charge in [0.05, 0.1) is 6.54 Å². The molecule has 138 valence electrons. The van der Waals surface area contributed by atoms with Crippen LogP contribution in [0.5, 0.6) is 0 Å². The van der Waals surface area contributed by atoms with Gasteiger partial charge in [0.2, 0.25) is 5.91 Å². The molecule has 1 aliphatic heterocycles. The summed E-state index contributed by atoms with van der Waals surface area (Å²) in [5.74, 6) is 1.00. The van der Waals surface area contributed by atoms with Crippen LogP contribution in [0, 0.1) is 5.41 Å². The molecule has 0 aromatic carbocycles. The van der Waals surface area contributed by atoms with Crippen LogP contribution in [-0.2, 0) is 4.79 Å². The number of aliphatic imine (C=N–C) groups is 1. The normalized spacial score (nSPS) is 24.0. The number of likely N-dealkylation sites (tertiary alicyclic amines) is 1. The van der Waals surface area contributed by atoms with E-state index < -0.39 is 0 Å². The third kappa shape index (κ3) is 4.99. The Labute approximate surface area is 163 Å². The third-order valence-corrected chi connectivity index (χ3v) is 5.99. The molecule has 3 fully saturated rings. The molecule has 24 heavy (non-hydrogen) atoms. The minimum absolute atomic E-state index is 0. The average Bonchev–Trinajstić information content (AvgIpc) is 3.20. The van der Waals surface area contributed by atoms with Gasteiger partial charge in [-0.15, -0.1) is 24.0 Å². The Morgan fingerprint density at radius 2 is 1.83 bits per heavy atom. The molecule has 3 rings (SSSR count). The summed E-state index contributed by atoms with van der Waals surface area (Å²) < 4.78 is 0. The number of carbonyl (C=O) groups excluding carboxylic acids is 1. The van der Waals surface area contributed by atoms with Crippen LogP contribution < -0.4 is 10.6 Å². The first-order valence-corrected chi connectivity index (χ1v) is 9.46. The standard InChI is InChI=1S/C18H32N4O.HI/c1-19-17(22-12-11-18(14-22)9-5-6-10-18)20-13-16(23)21-15-7-3-2-4-8-15;/h15H,2-14H2,1H3,(H,19,20)(H,21,23);1H. The van der Waals surface area contributed by atoms with Crippen molar-refractivity contribution in [2.75, 3.05) is 26.7 Å². The molecule has 1 saturated heterocycles. The molecule has 1 heterocycles. The molecule has 5 nitrogen and oxygen atoms in total. The first-order valence-electron chi connectivity index (χ1n) is 9.46. The van der Waals surface area contributed by atoms with Crippen LogP contribution in [0.1, 0.15) is 64.2 Å². The number of halogens is 1. The Bertz CT molecular complexity index is 442. The van der Waals surface area contributed by atoms with Crippen molar-refractivity contribution in [2.24, 2.45) is 10.4 Å². The Balaban J connectivity index is 0.00000208. The monoisotopic (exact) mass is 448 g/mol. The molecule has 0 radical (unpaired) electrons. The van der Waals surface area contributed by atoms with Crippen LogP contribution in [0.15, 0.2) is 4.99 Å². The maximum Gasteiger partial charge on any atom is 0.239 e. The van der Waals surface area contributed by atoms with Crippen LogP contribution >= 0.6 is 24.0 Å². The molecule has 0 atom stereocenters. The highest BCUT2D eigenvalue weighted by molar-refractivity contribution is 14.0. The summed E-state index contributed by atoms with van der Waals surface area (Å²) in [4.78, 5) is 18.9. The highest BCUT2D eigenvalue weighted by atomic mass is 127. The quantitative estimate of drug-likeness (QED) is 0.397. The van der Waals surface area contributed by atoms with Crippen LogP contribution in [0.25, 0.3) is 0 Å². The number of hydrogen-bond donors (Lipinski definition) is 2. The molecule has 0 aromatic heterocycles. The van der Waals surface area contributed by atoms with Gasteiger partial charge in [-0.1, -0.05) is 32.1 Å². The smallest absolute Gasteiger partial charge is 0.239 e. The molecule has 0 aromatic rings. The van der Waals surface area contributed by atoms with Gasteiger partial charge in [0.15, 0.2) is 5.96 Å². The molecular weight excluding hydrogens is 415 g/mol. The van der Waals surface area contributed by atoms with E-state index in [4.69, 9.17) is 0 Å². The highest BCUT2D eigenvalue weighted by Gasteiger charge is 2.41. The Morgan fingerprint density at radius 3 is 2.50 bits per heavy atom. The number of nitrogens with zero attached hydrogens (tertiary/aromatic N) is 2. The summed E-state index contributed by atoms with van der Waals surface area (Å²) >= 11 is 0. The lowest BCUT2D eigenvalue weighted by atomic mass is 9.86. The van der Waals surface area contributed by atoms with Gasteiger partial charge in [-0.3, -0.25) is 9.79 Å². The summed E-state index contributed by atoms with van der Waals surface area (Å²) in [6, 6.07) is 0.383. The number of carbonyl (C=O) groups is 1. The topological polar surface area (TPSA) is 56.7 Å². The lowest BCUT2D eigenvalue weighted by Crippen LogP contribution is -2.47. The van der Waals surface area contributed by atoms with Crippen LogP contribution in [0.3, 0.4) is 0 Å². The molecule has 2 N–H and O–H groups in total. The van der Waals surface area contributed by atoms with Crippen molar-refractivity contribution in [1.29, 1.82) is 0 Å². The minimum atomic E-state index is 0. The van der Waals surface area contributed by atoms with Gasteiger partial charge in [0, 0.05) is 26.2 Å². The highest BCUT2D eigenvalue weighted by Crippen LogP contribution is 2.45. The number of guanidine groups is 1. The SMILES string of the molecule is CN=C(NCC(=O)NC1CCCCC1)N1CCC2(CCCC2)C1.I. The second-order valence-corrected chi connectivity index (χ2v) is 7.68. The maximum absolute atomic E-state index is 12.1. The first-order chi connectivity index (χ1) is 11.2. The van der Waals surface area contributed by atoms with E-state index in [-0.39, 0.29) is 29.9 Å². The van der Waals surface area contributed by atoms with Crippen molar-refractivity contribution in [3.05, 3.63) is 0 Å². The zero-order chi connectivity index (χ0) is 16.1. The fourth-order valence-electron chi connectivity index (χ4n) is 4.67. The summed E-state index contributed by atoms with van der Waals surface area (Å²) in [5, 5.41) is 6.43. The Morgan fingerprint density at radius 1 is 1.12 bits per heavy atom. The summed E-state index contributed by atoms with van der Waals surface area (Å²) in [5.41, 5.74) is 0.530. The van der Waals surface area contributed by atoms with E-state index in [9.17, 15) is 4.79 Å². The molecule has 0 bridgehead atoms. The van der Waals surface area contributed by atoms with Crippen molar-refractivity contribution >= 4 is 35.8 Å². The van der Waals surface area contributed by atoms with Gasteiger partial charge in [0.25, 0.3) is 0 Å². The molecule has 2 saturated carbocycles. The fraction of sp³-hybridized carbons (Fsp3) is 0.889. The summed E-state index contributed by atoms with van der Waals surface area (Å²) in [6.45, 7) is 2.52. The second-order valence-electron chi connectivity index (χ2n) is 7.68. The van der Waals surface area contributed by atoms with Crippen LogP contribution in [0.2, 0.25) is 0 Å². The zero-order valence-electron chi connectivity index (χ0n) is 15.0. The second kappa shape index (κ2) is 9.25. The van der Waals surface area contributed by atoms with Gasteiger partial charge in [-0.2, -0.15) is 0 Å². The van der Waals surface area contributed by atoms with Gasteiger partial charge >= 0.3 is 0 Å². The van der Waals surface area contributed by atoms with E-state index in [2.05, 4.69) is 20.5 Å². The number of amides is 1. The lowest BCUT2D eigenvalue weighted by Gasteiger charge is -2.26. The van der Waals surface area contributed by atoms with Crippen molar-refractivity contribution in [3.8, 4) is 0 Å². The molecule has 1 amide bonds. The van der Waals surface area contributed by atoms with E-state index >= 15 is 0 Å². The predicted octanol–water partition coefficient (Wildman–Crippen LogP) is 2.89. The molecule has 3 aliphatic rings. The zero-order valence-corrected chi connectivity index (χ0v) is 17.3. The minimum Gasteiger partial charge on any atom is -0.352 e. The van der Waals surface area contributed by atoms with Crippen molar-refractivity contribution in [3.63, 3.8) is 0 Å². The predicted molar refractivity (Wildman–Crippen MR) is 109 cm³/mol. The van der Waals surface area contributed by atoms with Crippen LogP contribution in [0.4, 0.5) is 0 Å². The van der Waals surface area contributed by atoms with Gasteiger partial charge in [0.1, 0.15) is 0 Å². The summed E-state index contributed by atoms with van der Waals surface area (Å²) in [7, 11) is 1.82. The van der Waals surface area contributed by atoms with Crippen LogP contribution in [-0.4, -0.2) is 49.5 Å². The van der Waals surface area contributed by atoms with E-state index in [0.717, 1.165) is 31.9 Å². The molecule has 0 unspecified atom stereocenters. The molecular formula is C18H33IN4O. The lowest BCUT2D eigenvalue weighted by molar-refractivity contribution is -0.120. The van der Waals surface area contributed by atoms with Crippen molar-refractivity contribution in [2.45, 2.75) is 70.3 Å². The van der Waals surface area contributed by atoms with E-state index in [0.29, 0.717) is 18.0 Å². The number of nitrogens with one attached hydrogen (secondary N) is 2. The van der Waals surface area contributed by atoms with Crippen molar-refractivity contribution in [1.82, 2.24) is 15.5 Å². The Kier molecular flexibility index (Phi) is 7.62. The molecule has 2 aliphatic carbocycles.